The van der Waals surface area contributed by atoms with Crippen molar-refractivity contribution in [3.05, 3.63) is 82.6 Å². The molecule has 0 aliphatic heterocycles. The maximum atomic E-state index is 13.2. The first kappa shape index (κ1) is 20.9. The molecule has 0 saturated carbocycles. The quantitative estimate of drug-likeness (QED) is 0.429. The fraction of sp³-hybridized carbons (Fsp3) is 0.208. The van der Waals surface area contributed by atoms with Crippen molar-refractivity contribution < 1.29 is 9.18 Å². The number of carbonyl (C=O) groups is 1. The molecule has 2 heterocycles. The maximum Gasteiger partial charge on any atom is 0.256 e. The van der Waals surface area contributed by atoms with Gasteiger partial charge in [0, 0.05) is 22.6 Å². The first-order valence-electron chi connectivity index (χ1n) is 9.91. The molecule has 0 unspecified atom stereocenters. The van der Waals surface area contributed by atoms with E-state index in [1.807, 2.05) is 36.6 Å². The van der Waals surface area contributed by atoms with E-state index in [-0.39, 0.29) is 17.1 Å². The normalized spacial score (nSPS) is 11.5. The Morgan fingerprint density at radius 3 is 2.39 bits per heavy atom. The van der Waals surface area contributed by atoms with E-state index in [2.05, 4.69) is 36.2 Å². The van der Waals surface area contributed by atoms with Gasteiger partial charge >= 0.3 is 0 Å². The topological polar surface area (TPSA) is 59.8 Å². The van der Waals surface area contributed by atoms with Crippen LogP contribution in [0.3, 0.4) is 0 Å². The Balaban J connectivity index is 1.58. The average Bonchev–Trinajstić information content (AvgIpc) is 3.34. The van der Waals surface area contributed by atoms with Crippen molar-refractivity contribution in [2.45, 2.75) is 33.1 Å². The molecule has 0 atom stereocenters. The molecule has 0 radical (unpaired) electrons. The number of aryl methyl sites for hydroxylation is 1. The van der Waals surface area contributed by atoms with Gasteiger partial charge < -0.3 is 5.32 Å². The zero-order chi connectivity index (χ0) is 22.2. The smallest absolute Gasteiger partial charge is 0.256 e. The third-order valence-corrected chi connectivity index (χ3v) is 5.72. The van der Waals surface area contributed by atoms with Crippen LogP contribution in [0.1, 0.15) is 42.4 Å². The third-order valence-electron chi connectivity index (χ3n) is 4.90. The molecule has 0 bridgehead atoms. The van der Waals surface area contributed by atoms with Gasteiger partial charge in [-0.1, -0.05) is 32.9 Å². The summed E-state index contributed by atoms with van der Waals surface area (Å²) in [6.07, 6.45) is 0. The number of amides is 1. The van der Waals surface area contributed by atoms with Crippen molar-refractivity contribution in [2.24, 2.45) is 0 Å². The Kier molecular flexibility index (Phi) is 5.45. The fourth-order valence-electron chi connectivity index (χ4n) is 3.16. The first-order chi connectivity index (χ1) is 14.7. The van der Waals surface area contributed by atoms with E-state index < -0.39 is 0 Å². The molecule has 4 rings (SSSR count). The van der Waals surface area contributed by atoms with Crippen molar-refractivity contribution in [3.63, 3.8) is 0 Å². The van der Waals surface area contributed by atoms with Crippen LogP contribution in [0.15, 0.2) is 60.0 Å². The van der Waals surface area contributed by atoms with Gasteiger partial charge in [-0.3, -0.25) is 4.79 Å². The van der Waals surface area contributed by atoms with E-state index in [1.54, 1.807) is 22.9 Å². The molecule has 31 heavy (non-hydrogen) atoms. The van der Waals surface area contributed by atoms with E-state index in [0.29, 0.717) is 16.5 Å². The number of nitrogens with zero attached hydrogens (tertiary/aromatic N) is 3. The lowest BCUT2D eigenvalue weighted by molar-refractivity contribution is 0.102. The van der Waals surface area contributed by atoms with Crippen molar-refractivity contribution in [3.8, 4) is 16.4 Å². The van der Waals surface area contributed by atoms with Crippen LogP contribution >= 0.6 is 11.3 Å². The molecule has 1 N–H and O–H groups in total. The van der Waals surface area contributed by atoms with Crippen molar-refractivity contribution >= 4 is 23.1 Å². The molecule has 0 fully saturated rings. The highest BCUT2D eigenvalue weighted by molar-refractivity contribution is 7.12. The van der Waals surface area contributed by atoms with Crippen LogP contribution in [-0.4, -0.2) is 20.7 Å². The number of halogens is 1. The molecule has 0 saturated heterocycles. The lowest BCUT2D eigenvalue weighted by Crippen LogP contribution is -2.16. The van der Waals surface area contributed by atoms with Gasteiger partial charge in [-0.05, 0) is 54.3 Å². The van der Waals surface area contributed by atoms with E-state index >= 15 is 0 Å². The number of anilines is 1. The van der Waals surface area contributed by atoms with Crippen LogP contribution in [0.2, 0.25) is 0 Å². The lowest BCUT2D eigenvalue weighted by atomic mass is 9.87. The lowest BCUT2D eigenvalue weighted by Gasteiger charge is -2.19. The predicted octanol–water partition coefficient (Wildman–Crippen LogP) is 5.99. The van der Waals surface area contributed by atoms with Crippen LogP contribution in [0.4, 0.5) is 10.2 Å². The average molecular weight is 435 g/mol. The number of carbonyl (C=O) groups excluding carboxylic acids is 1. The van der Waals surface area contributed by atoms with E-state index in [1.165, 1.54) is 29.0 Å². The van der Waals surface area contributed by atoms with Gasteiger partial charge in [-0.2, -0.15) is 9.78 Å². The number of hydrogen-bond acceptors (Lipinski definition) is 4. The standard InChI is InChI=1S/C24H23FN4OS/c1-15-13-21(27-22(30)17-5-9-18(10-6-17)24(2,3)4)29(28-15)23-26-20(14-31-23)16-7-11-19(25)12-8-16/h5-14H,1-4H3,(H,27,30). The Morgan fingerprint density at radius 2 is 1.74 bits per heavy atom. The van der Waals surface area contributed by atoms with Crippen molar-refractivity contribution in [1.29, 1.82) is 0 Å². The Morgan fingerprint density at radius 1 is 1.06 bits per heavy atom. The monoisotopic (exact) mass is 434 g/mol. The number of rotatable bonds is 4. The van der Waals surface area contributed by atoms with Crippen LogP contribution in [0, 0.1) is 12.7 Å². The van der Waals surface area contributed by atoms with Crippen LogP contribution < -0.4 is 5.32 Å². The summed E-state index contributed by atoms with van der Waals surface area (Å²) in [5, 5.41) is 9.93. The highest BCUT2D eigenvalue weighted by atomic mass is 32.1. The van der Waals surface area contributed by atoms with Gasteiger partial charge in [-0.25, -0.2) is 9.37 Å². The van der Waals surface area contributed by atoms with Crippen LogP contribution in [-0.2, 0) is 5.41 Å². The number of hydrogen-bond donors (Lipinski definition) is 1. The molecule has 1 amide bonds. The van der Waals surface area contributed by atoms with Gasteiger partial charge in [-0.15, -0.1) is 11.3 Å². The number of nitrogens with one attached hydrogen (secondary N) is 1. The largest absolute Gasteiger partial charge is 0.306 e. The Labute approximate surface area is 184 Å². The molecule has 158 valence electrons. The van der Waals surface area contributed by atoms with Gasteiger partial charge in [0.05, 0.1) is 11.4 Å². The molecule has 0 spiro atoms. The molecule has 0 aliphatic carbocycles. The minimum absolute atomic E-state index is 0.0256. The molecule has 2 aromatic carbocycles. The van der Waals surface area contributed by atoms with Crippen LogP contribution in [0.25, 0.3) is 16.4 Å². The third kappa shape index (κ3) is 4.56. The summed E-state index contributed by atoms with van der Waals surface area (Å²) in [5.74, 6) is 0.0433. The minimum Gasteiger partial charge on any atom is -0.306 e. The molecule has 0 aliphatic rings. The summed E-state index contributed by atoms with van der Waals surface area (Å²) < 4.78 is 14.8. The Bertz CT molecular complexity index is 1220. The van der Waals surface area contributed by atoms with E-state index in [9.17, 15) is 9.18 Å². The molecular weight excluding hydrogens is 411 g/mol. The zero-order valence-corrected chi connectivity index (χ0v) is 18.6. The second-order valence-corrected chi connectivity index (χ2v) is 9.22. The number of benzene rings is 2. The van der Waals surface area contributed by atoms with Gasteiger partial charge in [0.15, 0.2) is 0 Å². The molecular formula is C24H23FN4OS. The van der Waals surface area contributed by atoms with Crippen molar-refractivity contribution in [1.82, 2.24) is 14.8 Å². The first-order valence-corrected chi connectivity index (χ1v) is 10.8. The minimum atomic E-state index is -0.289. The van der Waals surface area contributed by atoms with E-state index in [0.717, 1.165) is 17.0 Å². The zero-order valence-electron chi connectivity index (χ0n) is 17.8. The molecule has 5 nitrogen and oxygen atoms in total. The number of aromatic nitrogens is 3. The van der Waals surface area contributed by atoms with Gasteiger partial charge in [0.25, 0.3) is 5.91 Å². The number of thiazole rings is 1. The van der Waals surface area contributed by atoms with Gasteiger partial charge in [0.1, 0.15) is 11.6 Å². The summed E-state index contributed by atoms with van der Waals surface area (Å²) in [6, 6.07) is 15.6. The van der Waals surface area contributed by atoms with Gasteiger partial charge in [0.2, 0.25) is 5.13 Å². The van der Waals surface area contributed by atoms with Crippen LogP contribution in [0.5, 0.6) is 0 Å². The summed E-state index contributed by atoms with van der Waals surface area (Å²) in [4.78, 5) is 17.4. The highest BCUT2D eigenvalue weighted by Crippen LogP contribution is 2.27. The Hall–Kier alpha value is -3.32. The van der Waals surface area contributed by atoms with Crippen molar-refractivity contribution in [2.75, 3.05) is 5.32 Å². The summed E-state index contributed by atoms with van der Waals surface area (Å²) in [6.45, 7) is 8.27. The molecule has 7 heteroatoms. The SMILES string of the molecule is Cc1cc(NC(=O)c2ccc(C(C)(C)C)cc2)n(-c2nc(-c3ccc(F)cc3)cs2)n1. The predicted molar refractivity (Wildman–Crippen MR) is 122 cm³/mol. The summed E-state index contributed by atoms with van der Waals surface area (Å²) in [7, 11) is 0. The highest BCUT2D eigenvalue weighted by Gasteiger charge is 2.17. The molecule has 2 aromatic heterocycles. The molecule has 4 aromatic rings. The summed E-state index contributed by atoms with van der Waals surface area (Å²) >= 11 is 1.40. The maximum absolute atomic E-state index is 13.2. The second-order valence-electron chi connectivity index (χ2n) is 8.39. The van der Waals surface area contributed by atoms with E-state index in [4.69, 9.17) is 0 Å². The summed E-state index contributed by atoms with van der Waals surface area (Å²) in [5.41, 5.74) is 4.07. The second kappa shape index (κ2) is 8.07. The fourth-order valence-corrected chi connectivity index (χ4v) is 3.96.